The van der Waals surface area contributed by atoms with Gasteiger partial charge in [0.25, 0.3) is 0 Å². The third-order valence-corrected chi connectivity index (χ3v) is 7.25. The molecule has 5 rings (SSSR count). The number of nitrogens with one attached hydrogen (secondary N) is 2. The molecule has 3 heteroatoms. The Balaban J connectivity index is 1.30. The number of hydrogen-bond donors (Lipinski definition) is 2. The van der Waals surface area contributed by atoms with Crippen molar-refractivity contribution in [3.8, 4) is 0 Å². The van der Waals surface area contributed by atoms with Gasteiger partial charge in [-0.25, -0.2) is 0 Å². The summed E-state index contributed by atoms with van der Waals surface area (Å²) in [6, 6.07) is 0.514. The monoisotopic (exact) mass is 304 g/mol. The van der Waals surface area contributed by atoms with Crippen molar-refractivity contribution in [3.63, 3.8) is 0 Å². The Morgan fingerprint density at radius 1 is 1.05 bits per heavy atom. The van der Waals surface area contributed by atoms with Crippen molar-refractivity contribution in [2.75, 3.05) is 13.1 Å². The molecule has 1 unspecified atom stereocenters. The van der Waals surface area contributed by atoms with Crippen LogP contribution in [0.5, 0.6) is 0 Å². The first kappa shape index (κ1) is 15.0. The second-order valence-electron chi connectivity index (χ2n) is 8.79. The lowest BCUT2D eigenvalue weighted by atomic mass is 9.54. The molecule has 4 bridgehead atoms. The first-order valence-electron chi connectivity index (χ1n) is 9.69. The van der Waals surface area contributed by atoms with Crippen molar-refractivity contribution in [2.45, 2.75) is 64.3 Å². The zero-order valence-electron chi connectivity index (χ0n) is 14.0. The molecule has 0 aromatic heterocycles. The fourth-order valence-corrected chi connectivity index (χ4v) is 6.28. The molecule has 22 heavy (non-hydrogen) atoms. The van der Waals surface area contributed by atoms with E-state index in [1.54, 1.807) is 0 Å². The topological polar surface area (TPSA) is 41.1 Å². The molecule has 1 heterocycles. The predicted molar refractivity (Wildman–Crippen MR) is 88.4 cm³/mol. The van der Waals surface area contributed by atoms with Crippen molar-refractivity contribution in [2.24, 2.45) is 35.5 Å². The van der Waals surface area contributed by atoms with Gasteiger partial charge < -0.3 is 10.6 Å². The number of carbonyl (C=O) groups is 1. The van der Waals surface area contributed by atoms with Crippen LogP contribution in [0.4, 0.5) is 0 Å². The first-order chi connectivity index (χ1) is 10.7. The summed E-state index contributed by atoms with van der Waals surface area (Å²) in [5, 5.41) is 6.90. The number of hydrogen-bond acceptors (Lipinski definition) is 2. The van der Waals surface area contributed by atoms with Gasteiger partial charge in [0.1, 0.15) is 0 Å². The van der Waals surface area contributed by atoms with Crippen molar-refractivity contribution in [1.29, 1.82) is 0 Å². The summed E-state index contributed by atoms with van der Waals surface area (Å²) in [4.78, 5) is 12.6. The van der Waals surface area contributed by atoms with Gasteiger partial charge in [-0.3, -0.25) is 4.79 Å². The zero-order valence-corrected chi connectivity index (χ0v) is 14.0. The average molecular weight is 304 g/mol. The van der Waals surface area contributed by atoms with Crippen LogP contribution in [-0.2, 0) is 4.79 Å². The summed E-state index contributed by atoms with van der Waals surface area (Å²) >= 11 is 0. The Bertz CT molecular complexity index is 388. The molecule has 124 valence electrons. The maximum atomic E-state index is 12.6. The molecule has 5 aliphatic rings. The predicted octanol–water partition coefficient (Wildman–Crippen LogP) is 2.95. The molecule has 0 spiro atoms. The second kappa shape index (κ2) is 6.14. The Morgan fingerprint density at radius 3 is 2.23 bits per heavy atom. The van der Waals surface area contributed by atoms with Crippen molar-refractivity contribution < 1.29 is 4.79 Å². The van der Waals surface area contributed by atoms with Gasteiger partial charge in [0.2, 0.25) is 5.91 Å². The Morgan fingerprint density at radius 2 is 1.64 bits per heavy atom. The lowest BCUT2D eigenvalue weighted by Gasteiger charge is -2.54. The third kappa shape index (κ3) is 2.93. The number of piperidine rings is 1. The van der Waals surface area contributed by atoms with Crippen LogP contribution in [-0.4, -0.2) is 25.0 Å². The van der Waals surface area contributed by atoms with E-state index in [4.69, 9.17) is 0 Å². The Hall–Kier alpha value is -0.570. The molecular formula is C19H32N2O. The van der Waals surface area contributed by atoms with Gasteiger partial charge >= 0.3 is 0 Å². The largest absolute Gasteiger partial charge is 0.353 e. The van der Waals surface area contributed by atoms with Crippen LogP contribution >= 0.6 is 0 Å². The third-order valence-electron chi connectivity index (χ3n) is 7.25. The van der Waals surface area contributed by atoms with Crippen LogP contribution in [0.1, 0.15) is 58.3 Å². The Labute approximate surface area is 135 Å². The minimum absolute atomic E-state index is 0.337. The smallest absolute Gasteiger partial charge is 0.220 e. The molecule has 1 saturated heterocycles. The lowest BCUT2D eigenvalue weighted by molar-refractivity contribution is -0.126. The normalized spacial score (nSPS) is 42.3. The molecule has 5 fully saturated rings. The van der Waals surface area contributed by atoms with Crippen LogP contribution in [0.25, 0.3) is 0 Å². The molecule has 4 saturated carbocycles. The van der Waals surface area contributed by atoms with E-state index in [2.05, 4.69) is 17.6 Å². The molecule has 2 N–H and O–H groups in total. The van der Waals surface area contributed by atoms with E-state index in [0.717, 1.165) is 49.1 Å². The van der Waals surface area contributed by atoms with Gasteiger partial charge in [-0.05, 0) is 93.5 Å². The van der Waals surface area contributed by atoms with Crippen LogP contribution in [0.15, 0.2) is 0 Å². The van der Waals surface area contributed by atoms with Crippen LogP contribution in [0, 0.1) is 35.5 Å². The summed E-state index contributed by atoms with van der Waals surface area (Å²) in [5.74, 6) is 5.20. The molecule has 1 aliphatic heterocycles. The van der Waals surface area contributed by atoms with Gasteiger partial charge in [-0.15, -0.1) is 0 Å². The van der Waals surface area contributed by atoms with Crippen LogP contribution in [0.3, 0.4) is 0 Å². The molecule has 4 aliphatic carbocycles. The molecular weight excluding hydrogens is 272 g/mol. The van der Waals surface area contributed by atoms with E-state index >= 15 is 0 Å². The minimum atomic E-state index is 0.337. The van der Waals surface area contributed by atoms with E-state index in [1.165, 1.54) is 44.9 Å². The van der Waals surface area contributed by atoms with Crippen molar-refractivity contribution in [3.05, 3.63) is 0 Å². The highest BCUT2D eigenvalue weighted by molar-refractivity contribution is 5.76. The van der Waals surface area contributed by atoms with Gasteiger partial charge in [-0.1, -0.05) is 6.92 Å². The zero-order chi connectivity index (χ0) is 15.1. The Kier molecular flexibility index (Phi) is 4.19. The SMILES string of the molecule is CC(CC(=O)NC1C2CC3CC(C2)CC1C3)C1CCNCC1. The maximum absolute atomic E-state index is 12.6. The molecule has 0 aromatic carbocycles. The summed E-state index contributed by atoms with van der Waals surface area (Å²) in [5.41, 5.74) is 0. The highest BCUT2D eigenvalue weighted by Gasteiger charge is 2.48. The molecule has 1 atom stereocenters. The van der Waals surface area contributed by atoms with E-state index in [-0.39, 0.29) is 0 Å². The van der Waals surface area contributed by atoms with Gasteiger partial charge in [0, 0.05) is 12.5 Å². The standard InChI is InChI=1S/C19H32N2O/c1-12(15-2-4-20-5-3-15)6-18(22)21-19-16-8-13-7-14(10-16)11-17(19)9-13/h12-17,19-20H,2-11H2,1H3,(H,21,22). The van der Waals surface area contributed by atoms with Gasteiger partial charge in [0.05, 0.1) is 0 Å². The quantitative estimate of drug-likeness (QED) is 0.838. The minimum Gasteiger partial charge on any atom is -0.353 e. The van der Waals surface area contributed by atoms with Gasteiger partial charge in [-0.2, -0.15) is 0 Å². The fraction of sp³-hybridized carbons (Fsp3) is 0.947. The number of amides is 1. The summed E-state index contributed by atoms with van der Waals surface area (Å²) in [6.07, 6.45) is 10.3. The fourth-order valence-electron chi connectivity index (χ4n) is 6.28. The van der Waals surface area contributed by atoms with Crippen molar-refractivity contribution >= 4 is 5.91 Å². The summed E-state index contributed by atoms with van der Waals surface area (Å²) < 4.78 is 0. The van der Waals surface area contributed by atoms with Crippen molar-refractivity contribution in [1.82, 2.24) is 10.6 Å². The molecule has 1 amide bonds. The van der Waals surface area contributed by atoms with E-state index in [1.807, 2.05) is 0 Å². The van der Waals surface area contributed by atoms with Gasteiger partial charge in [0.15, 0.2) is 0 Å². The lowest BCUT2D eigenvalue weighted by Crippen LogP contribution is -2.56. The summed E-state index contributed by atoms with van der Waals surface area (Å²) in [7, 11) is 0. The highest BCUT2D eigenvalue weighted by atomic mass is 16.1. The first-order valence-corrected chi connectivity index (χ1v) is 9.69. The number of carbonyl (C=O) groups excluding carboxylic acids is 1. The second-order valence-corrected chi connectivity index (χ2v) is 8.79. The summed E-state index contributed by atoms with van der Waals surface area (Å²) in [6.45, 7) is 4.55. The van der Waals surface area contributed by atoms with Crippen LogP contribution in [0.2, 0.25) is 0 Å². The van der Waals surface area contributed by atoms with E-state index < -0.39 is 0 Å². The van der Waals surface area contributed by atoms with E-state index in [9.17, 15) is 4.79 Å². The molecule has 3 nitrogen and oxygen atoms in total. The average Bonchev–Trinajstić information content (AvgIpc) is 2.51. The van der Waals surface area contributed by atoms with E-state index in [0.29, 0.717) is 17.9 Å². The van der Waals surface area contributed by atoms with Crippen LogP contribution < -0.4 is 10.6 Å². The number of rotatable bonds is 4. The maximum Gasteiger partial charge on any atom is 0.220 e. The molecule has 0 radical (unpaired) electrons. The molecule has 0 aromatic rings. The highest BCUT2D eigenvalue weighted by Crippen LogP contribution is 2.53.